The highest BCUT2D eigenvalue weighted by Gasteiger charge is 2.16. The van der Waals surface area contributed by atoms with Crippen molar-refractivity contribution in [1.29, 1.82) is 0 Å². The SMILES string of the molecule is C#Cc1cc(N(C)S(C)(=O)=O)c(C)cc1F. The van der Waals surface area contributed by atoms with Gasteiger partial charge in [0.15, 0.2) is 0 Å². The van der Waals surface area contributed by atoms with Gasteiger partial charge in [-0.1, -0.05) is 5.92 Å². The van der Waals surface area contributed by atoms with Crippen molar-refractivity contribution in [2.24, 2.45) is 0 Å². The van der Waals surface area contributed by atoms with Gasteiger partial charge in [-0.05, 0) is 24.6 Å². The fraction of sp³-hybridized carbons (Fsp3) is 0.273. The van der Waals surface area contributed by atoms with Crippen molar-refractivity contribution in [1.82, 2.24) is 0 Å². The molecule has 0 aliphatic rings. The van der Waals surface area contributed by atoms with Crippen LogP contribution in [0.2, 0.25) is 0 Å². The van der Waals surface area contributed by atoms with Crippen molar-refractivity contribution >= 4 is 15.7 Å². The molecule has 16 heavy (non-hydrogen) atoms. The van der Waals surface area contributed by atoms with Gasteiger partial charge in [0.2, 0.25) is 10.0 Å². The molecule has 0 unspecified atom stereocenters. The number of rotatable bonds is 2. The van der Waals surface area contributed by atoms with Gasteiger partial charge in [-0.15, -0.1) is 6.42 Å². The Balaban J connectivity index is 3.42. The number of anilines is 1. The predicted octanol–water partition coefficient (Wildman–Crippen LogP) is 1.51. The Morgan fingerprint density at radius 1 is 1.44 bits per heavy atom. The summed E-state index contributed by atoms with van der Waals surface area (Å²) in [5.41, 5.74) is 0.956. The zero-order valence-corrected chi connectivity index (χ0v) is 10.1. The quantitative estimate of drug-likeness (QED) is 0.736. The van der Waals surface area contributed by atoms with E-state index in [-0.39, 0.29) is 5.56 Å². The molecule has 0 saturated heterocycles. The zero-order chi connectivity index (χ0) is 12.5. The summed E-state index contributed by atoms with van der Waals surface area (Å²) in [6.07, 6.45) is 6.20. The summed E-state index contributed by atoms with van der Waals surface area (Å²) < 4.78 is 37.1. The molecule has 0 saturated carbocycles. The normalized spacial score (nSPS) is 10.9. The molecule has 0 N–H and O–H groups in total. The third-order valence-electron chi connectivity index (χ3n) is 2.28. The first-order chi connectivity index (χ1) is 7.27. The van der Waals surface area contributed by atoms with Crippen molar-refractivity contribution in [2.45, 2.75) is 6.92 Å². The number of aryl methyl sites for hydroxylation is 1. The van der Waals surface area contributed by atoms with E-state index in [1.165, 1.54) is 19.2 Å². The van der Waals surface area contributed by atoms with Crippen LogP contribution in [0.5, 0.6) is 0 Å². The van der Waals surface area contributed by atoms with Crippen LogP contribution in [0.4, 0.5) is 10.1 Å². The molecule has 0 fully saturated rings. The summed E-state index contributed by atoms with van der Waals surface area (Å²) in [6.45, 7) is 1.63. The maximum Gasteiger partial charge on any atom is 0.232 e. The molecule has 3 nitrogen and oxygen atoms in total. The second-order valence-corrected chi connectivity index (χ2v) is 5.51. The van der Waals surface area contributed by atoms with E-state index in [4.69, 9.17) is 6.42 Å². The molecule has 0 aliphatic carbocycles. The molecule has 86 valence electrons. The zero-order valence-electron chi connectivity index (χ0n) is 9.28. The van der Waals surface area contributed by atoms with Crippen molar-refractivity contribution < 1.29 is 12.8 Å². The highest BCUT2D eigenvalue weighted by molar-refractivity contribution is 7.92. The van der Waals surface area contributed by atoms with E-state index in [0.29, 0.717) is 11.3 Å². The smallest absolute Gasteiger partial charge is 0.232 e. The number of halogens is 1. The van der Waals surface area contributed by atoms with Crippen LogP contribution in [-0.4, -0.2) is 21.7 Å². The maximum absolute atomic E-state index is 13.3. The Labute approximate surface area is 94.9 Å². The van der Waals surface area contributed by atoms with Crippen LogP contribution >= 0.6 is 0 Å². The van der Waals surface area contributed by atoms with Gasteiger partial charge >= 0.3 is 0 Å². The minimum absolute atomic E-state index is 0.0519. The van der Waals surface area contributed by atoms with Gasteiger partial charge in [0.1, 0.15) is 5.82 Å². The van der Waals surface area contributed by atoms with E-state index in [2.05, 4.69) is 5.92 Å². The lowest BCUT2D eigenvalue weighted by Gasteiger charge is -2.19. The van der Waals surface area contributed by atoms with Crippen molar-refractivity contribution in [3.8, 4) is 12.3 Å². The monoisotopic (exact) mass is 241 g/mol. The molecule has 0 bridgehead atoms. The van der Waals surface area contributed by atoms with Gasteiger partial charge in [-0.25, -0.2) is 12.8 Å². The topological polar surface area (TPSA) is 37.4 Å². The summed E-state index contributed by atoms with van der Waals surface area (Å²) in [6, 6.07) is 2.58. The van der Waals surface area contributed by atoms with E-state index in [1.54, 1.807) is 6.92 Å². The molecule has 1 aromatic rings. The molecule has 0 aromatic heterocycles. The van der Waals surface area contributed by atoms with Gasteiger partial charge in [0, 0.05) is 7.05 Å². The second-order valence-electron chi connectivity index (χ2n) is 3.49. The third-order valence-corrected chi connectivity index (χ3v) is 3.47. The van der Waals surface area contributed by atoms with Crippen molar-refractivity contribution in [3.05, 3.63) is 29.1 Å². The van der Waals surface area contributed by atoms with Gasteiger partial charge in [-0.2, -0.15) is 0 Å². The summed E-state index contributed by atoms with van der Waals surface area (Å²) in [5, 5.41) is 0. The molecule has 5 heteroatoms. The number of nitrogens with zero attached hydrogens (tertiary/aromatic N) is 1. The molecular formula is C11H12FNO2S. The number of hydrogen-bond acceptors (Lipinski definition) is 2. The van der Waals surface area contributed by atoms with Gasteiger partial charge in [0.25, 0.3) is 0 Å². The molecule has 0 aliphatic heterocycles. The fourth-order valence-electron chi connectivity index (χ4n) is 1.29. The molecule has 1 rings (SSSR count). The van der Waals surface area contributed by atoms with Gasteiger partial charge in [-0.3, -0.25) is 4.31 Å². The standard InChI is InChI=1S/C11H12FNO2S/c1-5-9-7-11(8(2)6-10(9)12)13(3)16(4,14)15/h1,6-7H,2-4H3. The van der Waals surface area contributed by atoms with Crippen LogP contribution in [0.1, 0.15) is 11.1 Å². The van der Waals surface area contributed by atoms with Crippen molar-refractivity contribution in [2.75, 3.05) is 17.6 Å². The molecule has 1 aromatic carbocycles. The van der Waals surface area contributed by atoms with Crippen LogP contribution in [0.15, 0.2) is 12.1 Å². The Hall–Kier alpha value is -1.54. The molecule has 0 amide bonds. The van der Waals surface area contributed by atoms with Crippen LogP contribution in [0.25, 0.3) is 0 Å². The first-order valence-corrected chi connectivity index (χ1v) is 6.33. The van der Waals surface area contributed by atoms with Crippen LogP contribution in [0.3, 0.4) is 0 Å². The lowest BCUT2D eigenvalue weighted by molar-refractivity contribution is 0.599. The molecule has 0 spiro atoms. The average molecular weight is 241 g/mol. The lowest BCUT2D eigenvalue weighted by atomic mass is 10.1. The summed E-state index contributed by atoms with van der Waals surface area (Å²) in [7, 11) is -1.98. The Bertz CT molecular complexity index is 558. The van der Waals surface area contributed by atoms with E-state index < -0.39 is 15.8 Å². The summed E-state index contributed by atoms with van der Waals surface area (Å²) >= 11 is 0. The van der Waals surface area contributed by atoms with Crippen molar-refractivity contribution in [3.63, 3.8) is 0 Å². The maximum atomic E-state index is 13.3. The van der Waals surface area contributed by atoms with Gasteiger partial charge < -0.3 is 0 Å². The van der Waals surface area contributed by atoms with Gasteiger partial charge in [0.05, 0.1) is 17.5 Å². The highest BCUT2D eigenvalue weighted by atomic mass is 32.2. The number of sulfonamides is 1. The first kappa shape index (κ1) is 12.5. The minimum atomic E-state index is -3.37. The van der Waals surface area contributed by atoms with E-state index in [0.717, 1.165) is 10.6 Å². The van der Waals surface area contributed by atoms with Crippen LogP contribution in [-0.2, 0) is 10.0 Å². The third kappa shape index (κ3) is 2.34. The summed E-state index contributed by atoms with van der Waals surface area (Å²) in [5.74, 6) is 1.65. The largest absolute Gasteiger partial charge is 0.273 e. The molecular weight excluding hydrogens is 229 g/mol. The Kier molecular flexibility index (Phi) is 3.24. The molecule has 0 atom stereocenters. The number of benzene rings is 1. The highest BCUT2D eigenvalue weighted by Crippen LogP contribution is 2.24. The first-order valence-electron chi connectivity index (χ1n) is 4.48. The average Bonchev–Trinajstić information content (AvgIpc) is 2.15. The van der Waals surface area contributed by atoms with Crippen LogP contribution in [0, 0.1) is 25.1 Å². The minimum Gasteiger partial charge on any atom is -0.273 e. The number of terminal acetylenes is 1. The van der Waals surface area contributed by atoms with Crippen LogP contribution < -0.4 is 4.31 Å². The summed E-state index contributed by atoms with van der Waals surface area (Å²) in [4.78, 5) is 0. The predicted molar refractivity (Wildman–Crippen MR) is 62.3 cm³/mol. The molecule has 0 heterocycles. The lowest BCUT2D eigenvalue weighted by Crippen LogP contribution is -2.25. The number of hydrogen-bond donors (Lipinski definition) is 0. The van der Waals surface area contributed by atoms with E-state index in [1.807, 2.05) is 0 Å². The van der Waals surface area contributed by atoms with E-state index in [9.17, 15) is 12.8 Å². The second kappa shape index (κ2) is 4.14. The fourth-order valence-corrected chi connectivity index (χ4v) is 1.84. The molecule has 0 radical (unpaired) electrons. The van der Waals surface area contributed by atoms with E-state index >= 15 is 0 Å². The Morgan fingerprint density at radius 2 is 2.00 bits per heavy atom. The Morgan fingerprint density at radius 3 is 2.44 bits per heavy atom.